The number of ether oxygens (including phenoxy) is 2. The van der Waals surface area contributed by atoms with Crippen molar-refractivity contribution in [1.29, 1.82) is 5.26 Å². The largest absolute Gasteiger partial charge is 0.479 e. The topological polar surface area (TPSA) is 71.3 Å². The third-order valence-corrected chi connectivity index (χ3v) is 2.47. The highest BCUT2D eigenvalue weighted by molar-refractivity contribution is 5.96. The van der Waals surface area contributed by atoms with Crippen molar-refractivity contribution in [2.24, 2.45) is 0 Å². The Labute approximate surface area is 106 Å². The maximum absolute atomic E-state index is 11.8. The summed E-state index contributed by atoms with van der Waals surface area (Å²) in [5.74, 6) is 0.358. The van der Waals surface area contributed by atoms with E-state index in [0.717, 1.165) is 0 Å². The first-order valence-electron chi connectivity index (χ1n) is 5.46. The molecule has 0 saturated heterocycles. The summed E-state index contributed by atoms with van der Waals surface area (Å²) in [5.41, 5.74) is -0.231. The number of anilines is 1. The number of benzene rings is 1. The van der Waals surface area contributed by atoms with E-state index in [-0.39, 0.29) is 12.5 Å². The fourth-order valence-corrected chi connectivity index (χ4v) is 1.12. The van der Waals surface area contributed by atoms with Crippen molar-refractivity contribution in [2.75, 3.05) is 19.0 Å². The van der Waals surface area contributed by atoms with Crippen LogP contribution >= 0.6 is 0 Å². The summed E-state index contributed by atoms with van der Waals surface area (Å²) < 4.78 is 10.2. The quantitative estimate of drug-likeness (QED) is 0.864. The number of hydrogen-bond acceptors (Lipinski definition) is 4. The van der Waals surface area contributed by atoms with Gasteiger partial charge in [0, 0.05) is 12.8 Å². The number of methoxy groups -OCH3 is 1. The lowest BCUT2D eigenvalue weighted by Crippen LogP contribution is -2.38. The molecular weight excluding hydrogens is 232 g/mol. The smallest absolute Gasteiger partial charge is 0.256 e. The van der Waals surface area contributed by atoms with Gasteiger partial charge in [-0.05, 0) is 38.1 Å². The molecule has 1 aromatic rings. The lowest BCUT2D eigenvalue weighted by atomic mass is 10.1. The first kappa shape index (κ1) is 14.0. The van der Waals surface area contributed by atoms with Crippen molar-refractivity contribution >= 4 is 11.6 Å². The molecule has 96 valence electrons. The molecule has 5 heteroatoms. The summed E-state index contributed by atoms with van der Waals surface area (Å²) >= 11 is 0. The Morgan fingerprint density at radius 1 is 1.39 bits per heavy atom. The van der Waals surface area contributed by atoms with E-state index in [1.54, 1.807) is 38.1 Å². The standard InChI is InChI=1S/C13H16N2O3/c1-13(2,17-3)12(16)15-10-4-6-11(7-5-10)18-9-8-14/h4-7H,9H2,1-3H3,(H,15,16). The Kier molecular flexibility index (Phi) is 4.69. The minimum atomic E-state index is -0.879. The second kappa shape index (κ2) is 6.03. The van der Waals surface area contributed by atoms with Gasteiger partial charge in [-0.1, -0.05) is 0 Å². The van der Waals surface area contributed by atoms with Crippen LogP contribution in [0, 0.1) is 11.3 Å². The highest BCUT2D eigenvalue weighted by Crippen LogP contribution is 2.17. The second-order valence-electron chi connectivity index (χ2n) is 4.14. The van der Waals surface area contributed by atoms with Crippen molar-refractivity contribution in [2.45, 2.75) is 19.4 Å². The molecule has 0 bridgehead atoms. The van der Waals surface area contributed by atoms with E-state index in [1.165, 1.54) is 7.11 Å². The van der Waals surface area contributed by atoms with Gasteiger partial charge < -0.3 is 14.8 Å². The highest BCUT2D eigenvalue weighted by Gasteiger charge is 2.26. The van der Waals surface area contributed by atoms with Crippen LogP contribution in [0.15, 0.2) is 24.3 Å². The van der Waals surface area contributed by atoms with Crippen LogP contribution in [0.2, 0.25) is 0 Å². The Bertz CT molecular complexity index is 446. The van der Waals surface area contributed by atoms with Crippen LogP contribution in [-0.4, -0.2) is 25.2 Å². The van der Waals surface area contributed by atoms with Gasteiger partial charge in [-0.2, -0.15) is 5.26 Å². The van der Waals surface area contributed by atoms with E-state index in [4.69, 9.17) is 14.7 Å². The maximum Gasteiger partial charge on any atom is 0.256 e. The zero-order valence-corrected chi connectivity index (χ0v) is 10.7. The minimum absolute atomic E-state index is 0.00239. The molecule has 1 rings (SSSR count). The first-order valence-corrected chi connectivity index (χ1v) is 5.46. The molecule has 0 aromatic heterocycles. The van der Waals surface area contributed by atoms with Gasteiger partial charge >= 0.3 is 0 Å². The molecule has 0 unspecified atom stereocenters. The zero-order valence-electron chi connectivity index (χ0n) is 10.7. The molecule has 0 aliphatic carbocycles. The summed E-state index contributed by atoms with van der Waals surface area (Å²) in [6.07, 6.45) is 0. The fourth-order valence-electron chi connectivity index (χ4n) is 1.12. The van der Waals surface area contributed by atoms with Crippen molar-refractivity contribution in [1.82, 2.24) is 0 Å². The molecular formula is C13H16N2O3. The summed E-state index contributed by atoms with van der Waals surface area (Å²) in [6, 6.07) is 8.67. The molecule has 0 spiro atoms. The Hall–Kier alpha value is -2.06. The molecule has 1 amide bonds. The summed E-state index contributed by atoms with van der Waals surface area (Å²) in [5, 5.41) is 11.1. The van der Waals surface area contributed by atoms with Crippen molar-refractivity contribution < 1.29 is 14.3 Å². The van der Waals surface area contributed by atoms with Gasteiger partial charge in [-0.25, -0.2) is 0 Å². The molecule has 0 fully saturated rings. The van der Waals surface area contributed by atoms with Crippen LogP contribution in [0.25, 0.3) is 0 Å². The first-order chi connectivity index (χ1) is 8.49. The monoisotopic (exact) mass is 248 g/mol. The minimum Gasteiger partial charge on any atom is -0.479 e. The summed E-state index contributed by atoms with van der Waals surface area (Å²) in [6.45, 7) is 3.38. The van der Waals surface area contributed by atoms with Crippen molar-refractivity contribution in [3.63, 3.8) is 0 Å². The SMILES string of the molecule is COC(C)(C)C(=O)Nc1ccc(OCC#N)cc1. The zero-order chi connectivity index (χ0) is 13.6. The van der Waals surface area contributed by atoms with E-state index < -0.39 is 5.60 Å². The molecule has 1 aromatic carbocycles. The number of nitriles is 1. The predicted octanol–water partition coefficient (Wildman–Crippen LogP) is 1.95. The second-order valence-corrected chi connectivity index (χ2v) is 4.14. The average Bonchev–Trinajstić information content (AvgIpc) is 2.37. The maximum atomic E-state index is 11.8. The lowest BCUT2D eigenvalue weighted by Gasteiger charge is -2.21. The molecule has 0 heterocycles. The number of nitrogens with zero attached hydrogens (tertiary/aromatic N) is 1. The van der Waals surface area contributed by atoms with Crippen LogP contribution in [0.3, 0.4) is 0 Å². The normalized spacial score (nSPS) is 10.6. The number of hydrogen-bond donors (Lipinski definition) is 1. The molecule has 5 nitrogen and oxygen atoms in total. The molecule has 0 atom stereocenters. The third kappa shape index (κ3) is 3.75. The number of amides is 1. The number of carbonyl (C=O) groups is 1. The van der Waals surface area contributed by atoms with E-state index in [9.17, 15) is 4.79 Å². The van der Waals surface area contributed by atoms with E-state index >= 15 is 0 Å². The lowest BCUT2D eigenvalue weighted by molar-refractivity contribution is -0.133. The van der Waals surface area contributed by atoms with Crippen LogP contribution in [0.4, 0.5) is 5.69 Å². The van der Waals surface area contributed by atoms with Crippen molar-refractivity contribution in [3.05, 3.63) is 24.3 Å². The van der Waals surface area contributed by atoms with Crippen LogP contribution in [0.1, 0.15) is 13.8 Å². The number of nitrogens with one attached hydrogen (secondary N) is 1. The Balaban J connectivity index is 2.64. The molecule has 0 radical (unpaired) electrons. The molecule has 1 N–H and O–H groups in total. The van der Waals surface area contributed by atoms with E-state index in [0.29, 0.717) is 11.4 Å². The van der Waals surface area contributed by atoms with Crippen LogP contribution < -0.4 is 10.1 Å². The number of rotatable bonds is 5. The van der Waals surface area contributed by atoms with Gasteiger partial charge in [0.2, 0.25) is 0 Å². The van der Waals surface area contributed by atoms with Crippen LogP contribution in [-0.2, 0) is 9.53 Å². The van der Waals surface area contributed by atoms with Gasteiger partial charge in [-0.15, -0.1) is 0 Å². The van der Waals surface area contributed by atoms with Gasteiger partial charge in [0.25, 0.3) is 5.91 Å². The molecule has 0 saturated carbocycles. The molecule has 0 aliphatic rings. The summed E-state index contributed by atoms with van der Waals surface area (Å²) in [7, 11) is 1.48. The fraction of sp³-hybridized carbons (Fsp3) is 0.385. The third-order valence-electron chi connectivity index (χ3n) is 2.47. The van der Waals surface area contributed by atoms with Gasteiger partial charge in [0.1, 0.15) is 17.4 Å². The van der Waals surface area contributed by atoms with Gasteiger partial charge in [-0.3, -0.25) is 4.79 Å². The molecule has 18 heavy (non-hydrogen) atoms. The number of carbonyl (C=O) groups excluding carboxylic acids is 1. The predicted molar refractivity (Wildman–Crippen MR) is 67.3 cm³/mol. The summed E-state index contributed by atoms with van der Waals surface area (Å²) in [4.78, 5) is 11.8. The van der Waals surface area contributed by atoms with E-state index in [2.05, 4.69) is 5.32 Å². The highest BCUT2D eigenvalue weighted by atomic mass is 16.5. The molecule has 0 aliphatic heterocycles. The Morgan fingerprint density at radius 3 is 2.50 bits per heavy atom. The Morgan fingerprint density at radius 2 is 2.00 bits per heavy atom. The van der Waals surface area contributed by atoms with E-state index in [1.807, 2.05) is 6.07 Å². The van der Waals surface area contributed by atoms with Crippen LogP contribution in [0.5, 0.6) is 5.75 Å². The van der Waals surface area contributed by atoms with Gasteiger partial charge in [0.15, 0.2) is 6.61 Å². The van der Waals surface area contributed by atoms with Gasteiger partial charge in [0.05, 0.1) is 0 Å². The average molecular weight is 248 g/mol. The van der Waals surface area contributed by atoms with Crippen molar-refractivity contribution in [3.8, 4) is 11.8 Å².